The van der Waals surface area contributed by atoms with Gasteiger partial charge in [0.05, 0.1) is 48.4 Å². The van der Waals surface area contributed by atoms with Crippen LogP contribution in [0, 0.1) is 104 Å². The van der Waals surface area contributed by atoms with E-state index < -0.39 is 0 Å². The average molecular weight is 635 g/mol. The molecule has 0 radical (unpaired) electrons. The highest BCUT2D eigenvalue weighted by molar-refractivity contribution is 5.16. The van der Waals surface area contributed by atoms with E-state index in [-0.39, 0.29) is 57.9 Å². The maximum atomic E-state index is 11.1. The van der Waals surface area contributed by atoms with E-state index in [1.165, 1.54) is 38.5 Å². The lowest BCUT2D eigenvalue weighted by Gasteiger charge is -2.62. The first-order chi connectivity index (χ1) is 21.8. The molecule has 0 amide bonds. The van der Waals surface area contributed by atoms with Crippen LogP contribution >= 0.6 is 0 Å². The average Bonchev–Trinajstić information content (AvgIpc) is 3.52. The summed E-state index contributed by atoms with van der Waals surface area (Å²) in [4.78, 5) is 0. The summed E-state index contributed by atoms with van der Waals surface area (Å²) in [6.07, 6.45) is 15.7. The molecule has 18 atom stereocenters. The Hall–Kier alpha value is -1.18. The fraction of sp³-hybridized carbons (Fsp3) is 0.950. The van der Waals surface area contributed by atoms with Crippen LogP contribution in [-0.4, -0.2) is 44.8 Å². The number of fused-ring (bicyclic) bond motifs is 10. The Labute approximate surface area is 278 Å². The maximum Gasteiger partial charge on any atom is 0.0661 e. The Balaban J connectivity index is 0.000000147. The summed E-state index contributed by atoms with van der Waals surface area (Å²) >= 11 is 0. The molecule has 6 nitrogen and oxygen atoms in total. The van der Waals surface area contributed by atoms with Gasteiger partial charge in [0, 0.05) is 0 Å². The molecule has 0 heterocycles. The lowest BCUT2D eigenvalue weighted by atomic mass is 9.44. The van der Waals surface area contributed by atoms with E-state index in [0.717, 1.165) is 64.2 Å². The van der Waals surface area contributed by atoms with Crippen LogP contribution < -0.4 is 0 Å². The van der Waals surface area contributed by atoms with Crippen LogP contribution in [0.1, 0.15) is 130 Å². The van der Waals surface area contributed by atoms with Crippen molar-refractivity contribution in [1.29, 1.82) is 10.5 Å². The molecule has 8 aliphatic carbocycles. The predicted molar refractivity (Wildman–Crippen MR) is 176 cm³/mol. The van der Waals surface area contributed by atoms with Gasteiger partial charge >= 0.3 is 0 Å². The number of nitrogens with zero attached hydrogens (tertiary/aromatic N) is 2. The van der Waals surface area contributed by atoms with Gasteiger partial charge in [-0.25, -0.2) is 0 Å². The van der Waals surface area contributed by atoms with E-state index >= 15 is 0 Å². The molecule has 46 heavy (non-hydrogen) atoms. The van der Waals surface area contributed by atoms with Crippen LogP contribution in [-0.2, 0) is 0 Å². The van der Waals surface area contributed by atoms with Gasteiger partial charge in [-0.15, -0.1) is 0 Å². The Kier molecular flexibility index (Phi) is 8.49. The quantitative estimate of drug-likeness (QED) is 0.227. The van der Waals surface area contributed by atoms with Crippen molar-refractivity contribution in [3.63, 3.8) is 0 Å². The highest BCUT2D eigenvalue weighted by Crippen LogP contribution is 2.69. The third-order valence-electron chi connectivity index (χ3n) is 17.4. The van der Waals surface area contributed by atoms with Crippen LogP contribution in [0.25, 0.3) is 0 Å². The molecular weight excluding hydrogens is 572 g/mol. The molecule has 8 rings (SSSR count). The Morgan fingerprint density at radius 1 is 0.500 bits per heavy atom. The molecule has 0 aromatic heterocycles. The van der Waals surface area contributed by atoms with E-state index in [2.05, 4.69) is 39.8 Å². The zero-order valence-electron chi connectivity index (χ0n) is 29.1. The zero-order chi connectivity index (χ0) is 32.8. The van der Waals surface area contributed by atoms with Crippen LogP contribution in [0.5, 0.6) is 0 Å². The van der Waals surface area contributed by atoms with Gasteiger partial charge in [0.15, 0.2) is 0 Å². The number of nitriles is 2. The molecule has 8 fully saturated rings. The van der Waals surface area contributed by atoms with Crippen molar-refractivity contribution in [1.82, 2.24) is 0 Å². The van der Waals surface area contributed by atoms with Crippen molar-refractivity contribution in [2.75, 3.05) is 0 Å². The Morgan fingerprint density at radius 2 is 0.891 bits per heavy atom. The number of hydrogen-bond donors (Lipinski definition) is 4. The minimum Gasteiger partial charge on any atom is -0.393 e. The molecule has 6 heteroatoms. The van der Waals surface area contributed by atoms with Crippen LogP contribution in [0.2, 0.25) is 0 Å². The highest BCUT2D eigenvalue weighted by atomic mass is 16.3. The molecule has 256 valence electrons. The molecule has 8 saturated carbocycles. The fourth-order valence-corrected chi connectivity index (χ4v) is 15.1. The lowest BCUT2D eigenvalue weighted by Crippen LogP contribution is -2.59. The molecule has 8 aliphatic rings. The van der Waals surface area contributed by atoms with E-state index in [1.807, 2.05) is 0 Å². The summed E-state index contributed by atoms with van der Waals surface area (Å²) in [6, 6.07) is 5.09. The third-order valence-corrected chi connectivity index (χ3v) is 17.4. The van der Waals surface area contributed by atoms with E-state index in [4.69, 9.17) is 0 Å². The second kappa shape index (κ2) is 11.7. The fourth-order valence-electron chi connectivity index (χ4n) is 15.1. The minimum atomic E-state index is -0.266. The second-order valence-corrected chi connectivity index (χ2v) is 19.1. The van der Waals surface area contributed by atoms with Gasteiger partial charge in [0.1, 0.15) is 0 Å². The summed E-state index contributed by atoms with van der Waals surface area (Å²) in [5, 5.41) is 61.5. The smallest absolute Gasteiger partial charge is 0.0661 e. The molecule has 0 aromatic carbocycles. The normalized spacial score (nSPS) is 58.7. The third kappa shape index (κ3) is 4.81. The van der Waals surface area contributed by atoms with Crippen LogP contribution in [0.4, 0.5) is 0 Å². The summed E-state index contributed by atoms with van der Waals surface area (Å²) in [5.74, 6) is 4.55. The number of hydrogen-bond acceptors (Lipinski definition) is 6. The minimum absolute atomic E-state index is 0.0205. The predicted octanol–water partition coefficient (Wildman–Crippen LogP) is 7.00. The second-order valence-electron chi connectivity index (χ2n) is 19.1. The number of aliphatic hydroxyl groups is 4. The lowest BCUT2D eigenvalue weighted by molar-refractivity contribution is -0.175. The van der Waals surface area contributed by atoms with Gasteiger partial charge in [0.25, 0.3) is 0 Å². The maximum absolute atomic E-state index is 11.1. The van der Waals surface area contributed by atoms with Crippen molar-refractivity contribution in [2.24, 2.45) is 80.8 Å². The van der Waals surface area contributed by atoms with Gasteiger partial charge in [-0.1, -0.05) is 27.7 Å². The zero-order valence-corrected chi connectivity index (χ0v) is 29.1. The van der Waals surface area contributed by atoms with Crippen molar-refractivity contribution in [3.8, 4) is 12.1 Å². The Bertz CT molecular complexity index is 1150. The SMILES string of the molecule is C[C@]12C[C@@H](O)C3[C@@H](CC[C@H]4C[C@H](O)CC[C@]34C)[C@@H]1CC[C@@H]2C#N.C[C@]12C[C@@H](O)C3[C@@H](CC[C@H]4C[C@H](O)CC[C@]34C)[C@@H]1CC[C@H]2C#N. The van der Waals surface area contributed by atoms with Crippen molar-refractivity contribution < 1.29 is 20.4 Å². The van der Waals surface area contributed by atoms with Crippen LogP contribution in [0.3, 0.4) is 0 Å². The highest BCUT2D eigenvalue weighted by Gasteiger charge is 2.64. The van der Waals surface area contributed by atoms with Gasteiger partial charge in [-0.3, -0.25) is 0 Å². The van der Waals surface area contributed by atoms with Gasteiger partial charge < -0.3 is 20.4 Å². The van der Waals surface area contributed by atoms with Crippen molar-refractivity contribution in [2.45, 2.75) is 155 Å². The number of rotatable bonds is 0. The molecule has 4 N–H and O–H groups in total. The standard InChI is InChI=1S/2C20H31NO2/c2*1-19-8-7-14(22)9-12(19)3-5-15-16-6-4-13(11-21)20(16,2)10-17(23)18(15)19/h2*12-18,22-23H,3-10H2,1-2H3/t12-,13+,14+,15-,16-,17+,18?,19-,20+;12-,13-,14+,15-,16-,17+,18?,19-,20+/m00/s1. The van der Waals surface area contributed by atoms with Crippen molar-refractivity contribution >= 4 is 0 Å². The first kappa shape index (κ1) is 33.3. The number of aliphatic hydroxyl groups excluding tert-OH is 4. The topological polar surface area (TPSA) is 128 Å². The van der Waals surface area contributed by atoms with Gasteiger partial charge in [-0.05, 0) is 172 Å². The van der Waals surface area contributed by atoms with E-state index in [0.29, 0.717) is 47.3 Å². The molecule has 0 bridgehead atoms. The molecular formula is C40H62N2O4. The summed E-state index contributed by atoms with van der Waals surface area (Å²) in [7, 11) is 0. The Morgan fingerprint density at radius 3 is 1.26 bits per heavy atom. The first-order valence-corrected chi connectivity index (χ1v) is 19.3. The largest absolute Gasteiger partial charge is 0.393 e. The molecule has 2 unspecified atom stereocenters. The first-order valence-electron chi connectivity index (χ1n) is 19.3. The van der Waals surface area contributed by atoms with Gasteiger partial charge in [0.2, 0.25) is 0 Å². The molecule has 0 aliphatic heterocycles. The van der Waals surface area contributed by atoms with E-state index in [9.17, 15) is 30.9 Å². The van der Waals surface area contributed by atoms with Crippen molar-refractivity contribution in [3.05, 3.63) is 0 Å². The summed E-state index contributed by atoms with van der Waals surface area (Å²) in [5.41, 5.74) is 0.417. The molecule has 0 saturated heterocycles. The summed E-state index contributed by atoms with van der Waals surface area (Å²) < 4.78 is 0. The van der Waals surface area contributed by atoms with E-state index in [1.54, 1.807) is 0 Å². The molecule has 0 aromatic rings. The monoisotopic (exact) mass is 634 g/mol. The van der Waals surface area contributed by atoms with Crippen LogP contribution in [0.15, 0.2) is 0 Å². The molecule has 0 spiro atoms. The van der Waals surface area contributed by atoms with Gasteiger partial charge in [-0.2, -0.15) is 10.5 Å². The summed E-state index contributed by atoms with van der Waals surface area (Å²) in [6.45, 7) is 9.33.